The fourth-order valence-corrected chi connectivity index (χ4v) is 3.30. The quantitative estimate of drug-likeness (QED) is 0.781. The van der Waals surface area contributed by atoms with Crippen molar-refractivity contribution in [3.8, 4) is 0 Å². The molecule has 2 rings (SSSR count). The zero-order valence-electron chi connectivity index (χ0n) is 12.8. The maximum atomic E-state index is 11.6. The second-order valence-corrected chi connectivity index (χ2v) is 6.28. The molecule has 2 aliphatic heterocycles. The zero-order chi connectivity index (χ0) is 14.6. The fourth-order valence-electron chi connectivity index (χ4n) is 3.30. The van der Waals surface area contributed by atoms with Crippen LogP contribution < -0.4 is 0 Å². The van der Waals surface area contributed by atoms with Crippen LogP contribution >= 0.6 is 0 Å². The minimum absolute atomic E-state index is 0.251. The Kier molecular flexibility index (Phi) is 5.41. The van der Waals surface area contributed by atoms with Gasteiger partial charge in [0.1, 0.15) is 0 Å². The molecular weight excluding hydrogens is 256 g/mol. The average Bonchev–Trinajstić information content (AvgIpc) is 2.84. The van der Waals surface area contributed by atoms with Gasteiger partial charge in [-0.3, -0.25) is 4.79 Å². The Hall–Kier alpha value is -0.650. The molecule has 2 atom stereocenters. The van der Waals surface area contributed by atoms with Crippen LogP contribution in [0.1, 0.15) is 32.6 Å². The predicted octanol–water partition coefficient (Wildman–Crippen LogP) is 0.718. The second-order valence-electron chi connectivity index (χ2n) is 6.28. The molecule has 1 N–H and O–H groups in total. The van der Waals surface area contributed by atoms with Gasteiger partial charge in [-0.05, 0) is 25.2 Å². The number of nitrogens with zero attached hydrogens (tertiary/aromatic N) is 2. The van der Waals surface area contributed by atoms with Gasteiger partial charge in [-0.2, -0.15) is 0 Å². The van der Waals surface area contributed by atoms with E-state index in [1.807, 2.05) is 4.90 Å². The number of hydrogen-bond acceptors (Lipinski definition) is 4. The third-order valence-electron chi connectivity index (χ3n) is 4.91. The van der Waals surface area contributed by atoms with E-state index in [9.17, 15) is 9.90 Å². The van der Waals surface area contributed by atoms with Crippen LogP contribution in [-0.2, 0) is 9.53 Å². The lowest BCUT2D eigenvalue weighted by atomic mass is 9.80. The highest BCUT2D eigenvalue weighted by Crippen LogP contribution is 2.30. The summed E-state index contributed by atoms with van der Waals surface area (Å²) in [7, 11) is 1.68. The molecular formula is C15H28N2O3. The van der Waals surface area contributed by atoms with E-state index in [4.69, 9.17) is 4.74 Å². The van der Waals surface area contributed by atoms with E-state index in [0.29, 0.717) is 25.4 Å². The van der Waals surface area contributed by atoms with E-state index >= 15 is 0 Å². The summed E-state index contributed by atoms with van der Waals surface area (Å²) in [5.74, 6) is 0.548. The van der Waals surface area contributed by atoms with Gasteiger partial charge in [0.25, 0.3) is 0 Å². The van der Waals surface area contributed by atoms with Crippen molar-refractivity contribution in [2.45, 2.75) is 38.2 Å². The molecule has 2 aliphatic rings. The van der Waals surface area contributed by atoms with E-state index in [0.717, 1.165) is 45.6 Å². The largest absolute Gasteiger partial charge is 0.389 e. The Morgan fingerprint density at radius 3 is 2.80 bits per heavy atom. The molecule has 0 aromatic heterocycles. The van der Waals surface area contributed by atoms with Crippen molar-refractivity contribution in [1.29, 1.82) is 0 Å². The molecule has 0 aliphatic carbocycles. The third-order valence-corrected chi connectivity index (χ3v) is 4.91. The minimum atomic E-state index is -0.587. The smallest absolute Gasteiger partial charge is 0.222 e. The van der Waals surface area contributed by atoms with Gasteiger partial charge in [-0.15, -0.1) is 0 Å². The molecule has 0 bridgehead atoms. The average molecular weight is 284 g/mol. The maximum absolute atomic E-state index is 11.6. The van der Waals surface area contributed by atoms with Crippen molar-refractivity contribution in [2.75, 3.05) is 46.4 Å². The van der Waals surface area contributed by atoms with Gasteiger partial charge in [-0.1, -0.05) is 6.92 Å². The van der Waals surface area contributed by atoms with E-state index in [-0.39, 0.29) is 5.92 Å². The summed E-state index contributed by atoms with van der Waals surface area (Å²) < 4.78 is 5.09. The summed E-state index contributed by atoms with van der Waals surface area (Å²) >= 11 is 0. The Labute approximate surface area is 121 Å². The molecule has 0 unspecified atom stereocenters. The molecule has 0 aromatic rings. The van der Waals surface area contributed by atoms with Gasteiger partial charge in [0.2, 0.25) is 5.91 Å². The number of aliphatic hydroxyl groups is 1. The first-order valence-electron chi connectivity index (χ1n) is 7.76. The van der Waals surface area contributed by atoms with Crippen molar-refractivity contribution in [3.63, 3.8) is 0 Å². The Bertz CT molecular complexity index is 337. The summed E-state index contributed by atoms with van der Waals surface area (Å²) in [6.45, 7) is 7.22. The number of carbonyl (C=O) groups is 1. The van der Waals surface area contributed by atoms with Crippen LogP contribution in [0.4, 0.5) is 0 Å². The lowest BCUT2D eigenvalue weighted by molar-refractivity contribution is -0.128. The first kappa shape index (κ1) is 15.7. The third kappa shape index (κ3) is 3.71. The molecule has 0 aromatic carbocycles. The van der Waals surface area contributed by atoms with E-state index in [2.05, 4.69) is 11.8 Å². The Morgan fingerprint density at radius 1 is 1.40 bits per heavy atom. The number of methoxy groups -OCH3 is 1. The van der Waals surface area contributed by atoms with Crippen molar-refractivity contribution in [2.24, 2.45) is 5.92 Å². The van der Waals surface area contributed by atoms with Crippen LogP contribution in [0.5, 0.6) is 0 Å². The van der Waals surface area contributed by atoms with Crippen molar-refractivity contribution in [3.05, 3.63) is 0 Å². The monoisotopic (exact) mass is 284 g/mol. The minimum Gasteiger partial charge on any atom is -0.389 e. The zero-order valence-corrected chi connectivity index (χ0v) is 12.8. The van der Waals surface area contributed by atoms with Gasteiger partial charge < -0.3 is 19.6 Å². The van der Waals surface area contributed by atoms with Gasteiger partial charge in [-0.25, -0.2) is 0 Å². The molecule has 0 radical (unpaired) electrons. The second kappa shape index (κ2) is 6.87. The maximum Gasteiger partial charge on any atom is 0.222 e. The topological polar surface area (TPSA) is 53.0 Å². The number of hydrogen-bond donors (Lipinski definition) is 1. The number of piperidine rings is 1. The molecule has 5 nitrogen and oxygen atoms in total. The highest BCUT2D eigenvalue weighted by molar-refractivity contribution is 5.78. The Morgan fingerprint density at radius 2 is 2.20 bits per heavy atom. The first-order chi connectivity index (χ1) is 9.55. The van der Waals surface area contributed by atoms with E-state index in [1.54, 1.807) is 7.11 Å². The van der Waals surface area contributed by atoms with Gasteiger partial charge in [0.15, 0.2) is 0 Å². The highest BCUT2D eigenvalue weighted by atomic mass is 16.5. The van der Waals surface area contributed by atoms with E-state index < -0.39 is 5.60 Å². The van der Waals surface area contributed by atoms with Crippen LogP contribution in [0.15, 0.2) is 0 Å². The molecule has 5 heteroatoms. The standard InChI is InChI=1S/C15H28N2O3/c1-13-12-16(8-5-15(13,19)6-11-20-2)9-10-17-7-3-4-14(17)18/h13,19H,3-12H2,1-2H3/t13-,15-/m0/s1. The Balaban J connectivity index is 1.75. The number of likely N-dealkylation sites (tertiary alicyclic amines) is 2. The van der Waals surface area contributed by atoms with Crippen molar-refractivity contribution in [1.82, 2.24) is 9.80 Å². The molecule has 0 saturated carbocycles. The SMILES string of the molecule is COCC[C@@]1(O)CCN(CCN2CCCC2=O)C[C@@H]1C. The summed E-state index contributed by atoms with van der Waals surface area (Å²) in [6.07, 6.45) is 3.23. The summed E-state index contributed by atoms with van der Waals surface area (Å²) in [5, 5.41) is 10.6. The number of amides is 1. The lowest BCUT2D eigenvalue weighted by Gasteiger charge is -2.43. The van der Waals surface area contributed by atoms with Crippen LogP contribution in [0.3, 0.4) is 0 Å². The molecule has 2 heterocycles. The van der Waals surface area contributed by atoms with Crippen LogP contribution in [0.25, 0.3) is 0 Å². The number of rotatable bonds is 6. The van der Waals surface area contributed by atoms with Crippen molar-refractivity contribution >= 4 is 5.91 Å². The summed E-state index contributed by atoms with van der Waals surface area (Å²) in [4.78, 5) is 15.9. The van der Waals surface area contributed by atoms with E-state index in [1.165, 1.54) is 0 Å². The van der Waals surface area contributed by atoms with Gasteiger partial charge in [0, 0.05) is 52.9 Å². The van der Waals surface area contributed by atoms with Crippen LogP contribution in [-0.4, -0.2) is 72.9 Å². The summed E-state index contributed by atoms with van der Waals surface area (Å²) in [6, 6.07) is 0. The fraction of sp³-hybridized carbons (Fsp3) is 0.933. The normalized spacial score (nSPS) is 32.0. The molecule has 116 valence electrons. The first-order valence-corrected chi connectivity index (χ1v) is 7.76. The highest BCUT2D eigenvalue weighted by Gasteiger charge is 2.38. The predicted molar refractivity (Wildman–Crippen MR) is 77.5 cm³/mol. The number of carbonyl (C=O) groups excluding carboxylic acids is 1. The molecule has 0 spiro atoms. The van der Waals surface area contributed by atoms with Gasteiger partial charge >= 0.3 is 0 Å². The van der Waals surface area contributed by atoms with Crippen LogP contribution in [0.2, 0.25) is 0 Å². The van der Waals surface area contributed by atoms with Gasteiger partial charge in [0.05, 0.1) is 5.60 Å². The molecule has 1 amide bonds. The lowest BCUT2D eigenvalue weighted by Crippen LogP contribution is -2.52. The molecule has 2 fully saturated rings. The summed E-state index contributed by atoms with van der Waals surface area (Å²) in [5.41, 5.74) is -0.587. The van der Waals surface area contributed by atoms with Crippen LogP contribution in [0, 0.1) is 5.92 Å². The van der Waals surface area contributed by atoms with Crippen molar-refractivity contribution < 1.29 is 14.6 Å². The molecule has 2 saturated heterocycles. The number of ether oxygens (including phenoxy) is 1. The molecule has 20 heavy (non-hydrogen) atoms.